The van der Waals surface area contributed by atoms with Gasteiger partial charge in [-0.3, -0.25) is 4.79 Å². The molecule has 0 amide bonds. The minimum absolute atomic E-state index is 0.0348. The van der Waals surface area contributed by atoms with E-state index >= 15 is 0 Å². The number of hydrogen-bond acceptors (Lipinski definition) is 4. The molecule has 0 fully saturated rings. The molecular formula is C11H8ClFN2O3. The van der Waals surface area contributed by atoms with Crippen LogP contribution >= 0.6 is 11.6 Å². The standard InChI is InChI=1S/C11H8ClFN2O3/c1-2-18-11(17)7-5-15(13)10-6(9(7)16)3-4-8(12)14-10/h3-5H,2H2,1H3. The number of fused-ring (bicyclic) bond motifs is 1. The van der Waals surface area contributed by atoms with E-state index in [-0.39, 0.29) is 33.1 Å². The zero-order valence-electron chi connectivity index (χ0n) is 9.31. The third-order valence-corrected chi connectivity index (χ3v) is 2.48. The molecule has 0 N–H and O–H groups in total. The van der Waals surface area contributed by atoms with Gasteiger partial charge < -0.3 is 4.74 Å². The summed E-state index contributed by atoms with van der Waals surface area (Å²) in [5.41, 5.74) is -1.25. The summed E-state index contributed by atoms with van der Waals surface area (Å²) in [6.07, 6.45) is 0.742. The summed E-state index contributed by atoms with van der Waals surface area (Å²) < 4.78 is 18.3. The largest absolute Gasteiger partial charge is 0.462 e. The van der Waals surface area contributed by atoms with Crippen LogP contribution in [-0.4, -0.2) is 22.3 Å². The lowest BCUT2D eigenvalue weighted by Crippen LogP contribution is -2.19. The topological polar surface area (TPSA) is 61.2 Å². The maximum absolute atomic E-state index is 13.7. The average molecular weight is 271 g/mol. The predicted octanol–water partition coefficient (Wildman–Crippen LogP) is 1.96. The molecule has 2 aromatic rings. The Morgan fingerprint density at radius 1 is 1.56 bits per heavy atom. The van der Waals surface area contributed by atoms with Crippen molar-refractivity contribution in [2.24, 2.45) is 0 Å². The number of aromatic nitrogens is 2. The summed E-state index contributed by atoms with van der Waals surface area (Å²) in [5.74, 6) is -0.870. The highest BCUT2D eigenvalue weighted by molar-refractivity contribution is 6.29. The van der Waals surface area contributed by atoms with Crippen LogP contribution in [0.25, 0.3) is 11.0 Å². The van der Waals surface area contributed by atoms with Crippen molar-refractivity contribution >= 4 is 28.6 Å². The van der Waals surface area contributed by atoms with Gasteiger partial charge in [-0.05, 0) is 19.1 Å². The first-order valence-electron chi connectivity index (χ1n) is 5.09. The van der Waals surface area contributed by atoms with Gasteiger partial charge in [0.15, 0.2) is 5.65 Å². The summed E-state index contributed by atoms with van der Waals surface area (Å²) in [6.45, 7) is 1.69. The molecule has 18 heavy (non-hydrogen) atoms. The van der Waals surface area contributed by atoms with Crippen LogP contribution in [0.5, 0.6) is 0 Å². The Balaban J connectivity index is 2.73. The van der Waals surface area contributed by atoms with Crippen molar-refractivity contribution in [3.63, 3.8) is 0 Å². The summed E-state index contributed by atoms with van der Waals surface area (Å²) >= 11 is 5.61. The number of hydrogen-bond donors (Lipinski definition) is 0. The van der Waals surface area contributed by atoms with Crippen molar-refractivity contribution in [2.75, 3.05) is 6.61 Å². The van der Waals surface area contributed by atoms with Gasteiger partial charge in [0.1, 0.15) is 10.7 Å². The molecule has 0 radical (unpaired) electrons. The highest BCUT2D eigenvalue weighted by Gasteiger charge is 2.17. The van der Waals surface area contributed by atoms with Gasteiger partial charge in [0.05, 0.1) is 18.2 Å². The molecular weight excluding hydrogens is 263 g/mol. The van der Waals surface area contributed by atoms with Gasteiger partial charge in [-0.25, -0.2) is 9.78 Å². The number of nitrogens with zero attached hydrogens (tertiary/aromatic N) is 2. The third-order valence-electron chi connectivity index (χ3n) is 2.27. The smallest absolute Gasteiger partial charge is 0.343 e. The monoisotopic (exact) mass is 270 g/mol. The quantitative estimate of drug-likeness (QED) is 0.618. The zero-order valence-corrected chi connectivity index (χ0v) is 10.1. The van der Waals surface area contributed by atoms with Crippen molar-refractivity contribution in [2.45, 2.75) is 6.92 Å². The molecule has 0 bridgehead atoms. The highest BCUT2D eigenvalue weighted by atomic mass is 35.5. The van der Waals surface area contributed by atoms with Crippen molar-refractivity contribution in [3.8, 4) is 0 Å². The SMILES string of the molecule is CCOC(=O)c1cn(F)c2nc(Cl)ccc2c1=O. The van der Waals surface area contributed by atoms with E-state index in [2.05, 4.69) is 9.72 Å². The molecule has 0 saturated heterocycles. The van der Waals surface area contributed by atoms with Gasteiger partial charge in [-0.2, -0.15) is 4.79 Å². The van der Waals surface area contributed by atoms with Crippen LogP contribution in [-0.2, 0) is 4.74 Å². The average Bonchev–Trinajstić information content (AvgIpc) is 2.34. The van der Waals surface area contributed by atoms with E-state index in [1.54, 1.807) is 6.92 Å². The Kier molecular flexibility index (Phi) is 3.29. The van der Waals surface area contributed by atoms with Crippen LogP contribution in [0.2, 0.25) is 5.15 Å². The zero-order chi connectivity index (χ0) is 13.3. The molecule has 0 aliphatic carbocycles. The lowest BCUT2D eigenvalue weighted by molar-refractivity contribution is 0.0523. The van der Waals surface area contributed by atoms with Crippen molar-refractivity contribution < 1.29 is 14.0 Å². The highest BCUT2D eigenvalue weighted by Crippen LogP contribution is 2.14. The Labute approximate surface area is 106 Å². The first-order valence-corrected chi connectivity index (χ1v) is 5.47. The molecule has 0 saturated carbocycles. The van der Waals surface area contributed by atoms with Gasteiger partial charge in [0.25, 0.3) is 0 Å². The number of ether oxygens (including phenoxy) is 1. The molecule has 0 aliphatic heterocycles. The first-order chi connectivity index (χ1) is 8.54. The number of pyridine rings is 2. The van der Waals surface area contributed by atoms with Gasteiger partial charge in [-0.1, -0.05) is 16.1 Å². The number of carbonyl (C=O) groups excluding carboxylic acids is 1. The summed E-state index contributed by atoms with van der Waals surface area (Å²) in [7, 11) is 0. The molecule has 0 spiro atoms. The van der Waals surface area contributed by atoms with Crippen LogP contribution in [0, 0.1) is 0 Å². The summed E-state index contributed by atoms with van der Waals surface area (Å²) in [4.78, 5) is 27.2. The Bertz CT molecular complexity index is 684. The minimum atomic E-state index is -0.870. The fourth-order valence-electron chi connectivity index (χ4n) is 1.50. The molecule has 5 nitrogen and oxygen atoms in total. The van der Waals surface area contributed by atoms with Crippen LogP contribution in [0.4, 0.5) is 4.48 Å². The van der Waals surface area contributed by atoms with E-state index < -0.39 is 11.4 Å². The molecule has 0 unspecified atom stereocenters. The van der Waals surface area contributed by atoms with Crippen molar-refractivity contribution in [1.82, 2.24) is 9.77 Å². The molecule has 94 valence electrons. The van der Waals surface area contributed by atoms with E-state index in [0.29, 0.717) is 0 Å². The second kappa shape index (κ2) is 4.73. The predicted molar refractivity (Wildman–Crippen MR) is 63.5 cm³/mol. The van der Waals surface area contributed by atoms with Crippen LogP contribution in [0.3, 0.4) is 0 Å². The maximum Gasteiger partial charge on any atom is 0.343 e. The lowest BCUT2D eigenvalue weighted by Gasteiger charge is -2.05. The number of rotatable bonds is 2. The first kappa shape index (κ1) is 12.5. The molecule has 7 heteroatoms. The summed E-state index contributed by atoms with van der Waals surface area (Å²) in [5, 5.41) is 0.0182. The van der Waals surface area contributed by atoms with Crippen LogP contribution in [0.1, 0.15) is 17.3 Å². The lowest BCUT2D eigenvalue weighted by atomic mass is 10.2. The normalized spacial score (nSPS) is 10.6. The fourth-order valence-corrected chi connectivity index (χ4v) is 1.64. The molecule has 0 aliphatic rings. The number of carbonyl (C=O) groups is 1. The number of halogens is 2. The van der Waals surface area contributed by atoms with E-state index in [1.165, 1.54) is 12.1 Å². The minimum Gasteiger partial charge on any atom is -0.462 e. The second-order valence-corrected chi connectivity index (χ2v) is 3.80. The van der Waals surface area contributed by atoms with E-state index in [9.17, 15) is 14.1 Å². The van der Waals surface area contributed by atoms with Crippen LogP contribution < -0.4 is 5.43 Å². The second-order valence-electron chi connectivity index (χ2n) is 3.41. The Hall–Kier alpha value is -1.95. The Morgan fingerprint density at radius 2 is 2.28 bits per heavy atom. The third kappa shape index (κ3) is 2.06. The molecule has 2 rings (SSSR count). The van der Waals surface area contributed by atoms with Crippen molar-refractivity contribution in [3.05, 3.63) is 39.3 Å². The Morgan fingerprint density at radius 3 is 2.94 bits per heavy atom. The van der Waals surface area contributed by atoms with E-state index in [0.717, 1.165) is 6.20 Å². The fraction of sp³-hybridized carbons (Fsp3) is 0.182. The van der Waals surface area contributed by atoms with E-state index in [1.807, 2.05) is 0 Å². The molecule has 0 aromatic carbocycles. The van der Waals surface area contributed by atoms with Gasteiger partial charge in [0, 0.05) is 0 Å². The van der Waals surface area contributed by atoms with Gasteiger partial charge in [-0.15, -0.1) is 0 Å². The van der Waals surface area contributed by atoms with Crippen LogP contribution in [0.15, 0.2) is 23.1 Å². The van der Waals surface area contributed by atoms with Crippen molar-refractivity contribution in [1.29, 1.82) is 0 Å². The molecule has 0 atom stereocenters. The van der Waals surface area contributed by atoms with E-state index in [4.69, 9.17) is 11.6 Å². The number of esters is 1. The maximum atomic E-state index is 13.7. The summed E-state index contributed by atoms with van der Waals surface area (Å²) in [6, 6.07) is 2.66. The molecule has 2 heterocycles. The van der Waals surface area contributed by atoms with Gasteiger partial charge in [0.2, 0.25) is 5.43 Å². The van der Waals surface area contributed by atoms with Gasteiger partial charge >= 0.3 is 5.97 Å². The molecule has 2 aromatic heterocycles.